The standard InChI is InChI=1S/C27H35N5OS/c1-20-8-6-7-15-32(20)27-24-9-4-5-10-25(24)28-26(29-27)21(2)30-16-18-31(19-17-30)34-23-13-11-22(33-3)12-14-23/h4-5,9-14,20-21H,6-8,15-19H2,1-3H3. The van der Waals surface area contributed by atoms with Gasteiger partial charge in [0, 0.05) is 49.0 Å². The van der Waals surface area contributed by atoms with Gasteiger partial charge < -0.3 is 9.64 Å². The molecule has 2 unspecified atom stereocenters. The van der Waals surface area contributed by atoms with Crippen molar-refractivity contribution in [1.29, 1.82) is 0 Å². The van der Waals surface area contributed by atoms with Crippen molar-refractivity contribution in [2.24, 2.45) is 0 Å². The molecule has 3 heterocycles. The molecule has 0 amide bonds. The first-order chi connectivity index (χ1) is 16.6. The number of fused-ring (bicyclic) bond motifs is 1. The van der Waals surface area contributed by atoms with Gasteiger partial charge in [0.1, 0.15) is 17.4 Å². The fourth-order valence-electron chi connectivity index (χ4n) is 5.03. The highest BCUT2D eigenvalue weighted by Gasteiger charge is 2.27. The predicted molar refractivity (Wildman–Crippen MR) is 141 cm³/mol. The number of anilines is 1. The van der Waals surface area contributed by atoms with Crippen molar-refractivity contribution >= 4 is 28.7 Å². The summed E-state index contributed by atoms with van der Waals surface area (Å²) in [5.74, 6) is 2.97. The largest absolute Gasteiger partial charge is 0.497 e. The van der Waals surface area contributed by atoms with Gasteiger partial charge >= 0.3 is 0 Å². The molecule has 0 radical (unpaired) electrons. The van der Waals surface area contributed by atoms with E-state index in [1.165, 1.54) is 29.5 Å². The first-order valence-electron chi connectivity index (χ1n) is 12.5. The molecule has 2 aromatic carbocycles. The van der Waals surface area contributed by atoms with Crippen LogP contribution in [0.2, 0.25) is 0 Å². The van der Waals surface area contributed by atoms with E-state index in [4.69, 9.17) is 14.7 Å². The molecule has 7 heteroatoms. The lowest BCUT2D eigenvalue weighted by Gasteiger charge is -2.38. The molecule has 3 aromatic rings. The highest BCUT2D eigenvalue weighted by atomic mass is 32.2. The molecule has 2 saturated heterocycles. The fourth-order valence-corrected chi connectivity index (χ4v) is 5.93. The third-order valence-electron chi connectivity index (χ3n) is 7.16. The minimum Gasteiger partial charge on any atom is -0.497 e. The molecule has 2 atom stereocenters. The van der Waals surface area contributed by atoms with Gasteiger partial charge in [-0.2, -0.15) is 0 Å². The van der Waals surface area contributed by atoms with Crippen molar-refractivity contribution in [3.05, 3.63) is 54.4 Å². The number of piperazine rings is 1. The van der Waals surface area contributed by atoms with Gasteiger partial charge in [-0.05, 0) is 81.5 Å². The normalized spacial score (nSPS) is 21.0. The first-order valence-corrected chi connectivity index (χ1v) is 13.2. The summed E-state index contributed by atoms with van der Waals surface area (Å²) >= 11 is 1.83. The molecule has 1 aromatic heterocycles. The molecule has 0 bridgehead atoms. The Morgan fingerprint density at radius 3 is 2.44 bits per heavy atom. The number of hydrogen-bond donors (Lipinski definition) is 0. The van der Waals surface area contributed by atoms with Crippen molar-refractivity contribution in [3.8, 4) is 5.75 Å². The molecule has 2 fully saturated rings. The van der Waals surface area contributed by atoms with Crippen LogP contribution in [0.25, 0.3) is 10.9 Å². The van der Waals surface area contributed by atoms with Gasteiger partial charge in [-0.3, -0.25) is 4.90 Å². The van der Waals surface area contributed by atoms with E-state index in [9.17, 15) is 0 Å². The number of methoxy groups -OCH3 is 1. The number of nitrogens with zero attached hydrogens (tertiary/aromatic N) is 5. The van der Waals surface area contributed by atoms with Gasteiger partial charge in [0.15, 0.2) is 0 Å². The van der Waals surface area contributed by atoms with Crippen LogP contribution in [0, 0.1) is 0 Å². The smallest absolute Gasteiger partial charge is 0.148 e. The van der Waals surface area contributed by atoms with Crippen LogP contribution in [0.3, 0.4) is 0 Å². The Morgan fingerprint density at radius 1 is 0.941 bits per heavy atom. The number of rotatable bonds is 6. The molecule has 0 aliphatic carbocycles. The van der Waals surface area contributed by atoms with Gasteiger partial charge in [0.25, 0.3) is 0 Å². The lowest BCUT2D eigenvalue weighted by atomic mass is 10.0. The third kappa shape index (κ3) is 5.02. The molecule has 5 rings (SSSR count). The van der Waals surface area contributed by atoms with E-state index < -0.39 is 0 Å². The van der Waals surface area contributed by atoms with Crippen LogP contribution in [0.5, 0.6) is 5.75 Å². The first kappa shape index (κ1) is 23.4. The summed E-state index contributed by atoms with van der Waals surface area (Å²) in [6, 6.07) is 17.5. The van der Waals surface area contributed by atoms with Crippen molar-refractivity contribution in [1.82, 2.24) is 19.2 Å². The van der Waals surface area contributed by atoms with Gasteiger partial charge in [0.2, 0.25) is 0 Å². The van der Waals surface area contributed by atoms with E-state index in [1.54, 1.807) is 7.11 Å². The van der Waals surface area contributed by atoms with Gasteiger partial charge in [0.05, 0.1) is 18.7 Å². The van der Waals surface area contributed by atoms with E-state index in [0.717, 1.165) is 55.6 Å². The monoisotopic (exact) mass is 477 g/mol. The highest BCUT2D eigenvalue weighted by Crippen LogP contribution is 2.32. The maximum Gasteiger partial charge on any atom is 0.148 e. The minimum absolute atomic E-state index is 0.191. The lowest BCUT2D eigenvalue weighted by molar-refractivity contribution is 0.146. The summed E-state index contributed by atoms with van der Waals surface area (Å²) in [7, 11) is 1.71. The zero-order chi connectivity index (χ0) is 23.5. The van der Waals surface area contributed by atoms with Crippen molar-refractivity contribution < 1.29 is 4.74 Å². The summed E-state index contributed by atoms with van der Waals surface area (Å²) in [5.41, 5.74) is 1.06. The van der Waals surface area contributed by atoms with Crippen LogP contribution < -0.4 is 9.64 Å². The minimum atomic E-state index is 0.191. The van der Waals surface area contributed by atoms with Crippen LogP contribution in [0.15, 0.2) is 53.4 Å². The van der Waals surface area contributed by atoms with Gasteiger partial charge in [-0.15, -0.1) is 0 Å². The molecular formula is C27H35N5OS. The Balaban J connectivity index is 1.30. The number of aromatic nitrogens is 2. The summed E-state index contributed by atoms with van der Waals surface area (Å²) in [5, 5.41) is 1.17. The molecule has 34 heavy (non-hydrogen) atoms. The molecule has 2 aliphatic rings. The third-order valence-corrected chi connectivity index (χ3v) is 8.27. The molecule has 6 nitrogen and oxygen atoms in total. The summed E-state index contributed by atoms with van der Waals surface area (Å²) in [6.07, 6.45) is 3.78. The number of piperidine rings is 1. The average molecular weight is 478 g/mol. The molecule has 0 spiro atoms. The summed E-state index contributed by atoms with van der Waals surface area (Å²) in [6.45, 7) is 9.73. The topological polar surface area (TPSA) is 44.7 Å². The number of benzene rings is 2. The molecule has 0 saturated carbocycles. The van der Waals surface area contributed by atoms with E-state index in [0.29, 0.717) is 6.04 Å². The van der Waals surface area contributed by atoms with Crippen LogP contribution in [-0.4, -0.2) is 65.0 Å². The van der Waals surface area contributed by atoms with Gasteiger partial charge in [-0.1, -0.05) is 12.1 Å². The maximum absolute atomic E-state index is 5.28. The maximum atomic E-state index is 5.28. The zero-order valence-corrected chi connectivity index (χ0v) is 21.3. The molecule has 2 aliphatic heterocycles. The second-order valence-electron chi connectivity index (χ2n) is 9.37. The Morgan fingerprint density at radius 2 is 1.71 bits per heavy atom. The summed E-state index contributed by atoms with van der Waals surface area (Å²) < 4.78 is 7.73. The number of hydrogen-bond acceptors (Lipinski definition) is 7. The predicted octanol–water partition coefficient (Wildman–Crippen LogP) is 5.40. The van der Waals surface area contributed by atoms with Crippen LogP contribution in [-0.2, 0) is 0 Å². The van der Waals surface area contributed by atoms with Crippen molar-refractivity contribution in [2.75, 3.05) is 44.7 Å². The zero-order valence-electron chi connectivity index (χ0n) is 20.5. The average Bonchev–Trinajstić information content (AvgIpc) is 2.89. The molecule has 180 valence electrons. The van der Waals surface area contributed by atoms with Crippen LogP contribution >= 0.6 is 11.9 Å². The van der Waals surface area contributed by atoms with E-state index in [1.807, 2.05) is 24.1 Å². The van der Waals surface area contributed by atoms with E-state index >= 15 is 0 Å². The van der Waals surface area contributed by atoms with Crippen LogP contribution in [0.4, 0.5) is 5.82 Å². The van der Waals surface area contributed by atoms with E-state index in [2.05, 4.69) is 64.4 Å². The van der Waals surface area contributed by atoms with Crippen molar-refractivity contribution in [3.63, 3.8) is 0 Å². The van der Waals surface area contributed by atoms with E-state index in [-0.39, 0.29) is 6.04 Å². The lowest BCUT2D eigenvalue weighted by Crippen LogP contribution is -2.45. The Hall–Kier alpha value is -2.35. The fraction of sp³-hybridized carbons (Fsp3) is 0.481. The molecular weight excluding hydrogens is 442 g/mol. The highest BCUT2D eigenvalue weighted by molar-refractivity contribution is 7.97. The second kappa shape index (κ2) is 10.5. The van der Waals surface area contributed by atoms with Gasteiger partial charge in [-0.25, -0.2) is 14.3 Å². The molecule has 0 N–H and O–H groups in total. The Kier molecular flexibility index (Phi) is 7.23. The number of para-hydroxylation sites is 1. The second-order valence-corrected chi connectivity index (χ2v) is 10.5. The number of ether oxygens (including phenoxy) is 1. The Bertz CT molecular complexity index is 1100. The summed E-state index contributed by atoms with van der Waals surface area (Å²) in [4.78, 5) is 16.5. The van der Waals surface area contributed by atoms with Crippen molar-refractivity contribution in [2.45, 2.75) is 50.1 Å². The SMILES string of the molecule is COc1ccc(SN2CCN(C(C)c3nc(N4CCCCC4C)c4ccccc4n3)CC2)cc1. The van der Waals surface area contributed by atoms with Crippen LogP contribution in [0.1, 0.15) is 45.0 Å². The Labute approximate surface area is 207 Å². The quantitative estimate of drug-likeness (QED) is 0.440.